The lowest BCUT2D eigenvalue weighted by molar-refractivity contribution is -0.153. The highest BCUT2D eigenvalue weighted by molar-refractivity contribution is 5.98. The Morgan fingerprint density at radius 3 is 2.54 bits per heavy atom. The number of ether oxygens (including phenoxy) is 1. The zero-order valence-electron chi connectivity index (χ0n) is 7.84. The summed E-state index contributed by atoms with van der Waals surface area (Å²) in [4.78, 5) is 21.6. The fraction of sp³-hybridized carbons (Fsp3) is 0.400. The lowest BCUT2D eigenvalue weighted by Crippen LogP contribution is -2.11. The molecule has 0 saturated heterocycles. The summed E-state index contributed by atoms with van der Waals surface area (Å²) in [6.45, 7) is 8.70. The maximum atomic E-state index is 11.0. The zero-order chi connectivity index (χ0) is 10.3. The molecule has 0 heterocycles. The van der Waals surface area contributed by atoms with Crippen molar-refractivity contribution in [3.05, 3.63) is 24.8 Å². The summed E-state index contributed by atoms with van der Waals surface area (Å²) in [6, 6.07) is 0. The van der Waals surface area contributed by atoms with Crippen molar-refractivity contribution in [3.8, 4) is 0 Å². The second-order valence-electron chi connectivity index (χ2n) is 2.62. The molecule has 0 saturated carbocycles. The molecule has 0 aliphatic carbocycles. The van der Waals surface area contributed by atoms with Crippen molar-refractivity contribution >= 4 is 11.9 Å². The minimum Gasteiger partial charge on any atom is -0.386 e. The predicted octanol–water partition coefficient (Wildman–Crippen LogP) is 1.99. The smallest absolute Gasteiger partial charge is 0.341 e. The first kappa shape index (κ1) is 11.6. The Morgan fingerprint density at radius 2 is 2.08 bits per heavy atom. The average molecular weight is 182 g/mol. The Morgan fingerprint density at radius 1 is 1.46 bits per heavy atom. The van der Waals surface area contributed by atoms with Gasteiger partial charge in [-0.3, -0.25) is 0 Å². The van der Waals surface area contributed by atoms with E-state index in [2.05, 4.69) is 17.9 Å². The van der Waals surface area contributed by atoms with E-state index in [9.17, 15) is 9.59 Å². The van der Waals surface area contributed by atoms with Crippen LogP contribution in [0.2, 0.25) is 0 Å². The Hall–Kier alpha value is -1.38. The number of unbranched alkanes of at least 4 members (excludes halogenated alkanes) is 1. The second-order valence-corrected chi connectivity index (χ2v) is 2.62. The van der Waals surface area contributed by atoms with E-state index in [-0.39, 0.29) is 0 Å². The minimum absolute atomic E-state index is 0.331. The van der Waals surface area contributed by atoms with Gasteiger partial charge in [0.1, 0.15) is 0 Å². The summed E-state index contributed by atoms with van der Waals surface area (Å²) in [5.74, 6) is -1.39. The minimum atomic E-state index is -0.734. The summed E-state index contributed by atoms with van der Waals surface area (Å²) >= 11 is 0. The van der Waals surface area contributed by atoms with E-state index in [1.807, 2.05) is 6.92 Å². The van der Waals surface area contributed by atoms with Crippen molar-refractivity contribution in [1.29, 1.82) is 0 Å². The summed E-state index contributed by atoms with van der Waals surface area (Å²) < 4.78 is 4.36. The molecule has 0 bridgehead atoms. The predicted molar refractivity (Wildman–Crippen MR) is 50.0 cm³/mol. The van der Waals surface area contributed by atoms with Crippen LogP contribution in [0.5, 0.6) is 0 Å². The monoisotopic (exact) mass is 182 g/mol. The van der Waals surface area contributed by atoms with E-state index < -0.39 is 11.9 Å². The molecule has 0 aliphatic rings. The first-order valence-electron chi connectivity index (χ1n) is 4.18. The quantitative estimate of drug-likeness (QED) is 0.371. The first-order valence-corrected chi connectivity index (χ1v) is 4.18. The zero-order valence-corrected chi connectivity index (χ0v) is 7.84. The van der Waals surface area contributed by atoms with Crippen LogP contribution in [-0.2, 0) is 14.3 Å². The molecule has 0 aromatic rings. The van der Waals surface area contributed by atoms with Gasteiger partial charge >= 0.3 is 11.9 Å². The molecule has 0 aromatic heterocycles. The maximum absolute atomic E-state index is 11.0. The van der Waals surface area contributed by atoms with Crippen molar-refractivity contribution in [1.82, 2.24) is 0 Å². The molecular weight excluding hydrogens is 168 g/mol. The molecule has 3 heteroatoms. The molecule has 0 aliphatic heterocycles. The van der Waals surface area contributed by atoms with Crippen LogP contribution in [0.25, 0.3) is 0 Å². The van der Waals surface area contributed by atoms with Crippen molar-refractivity contribution < 1.29 is 14.3 Å². The van der Waals surface area contributed by atoms with Gasteiger partial charge in [0.05, 0.1) is 0 Å². The molecule has 0 rings (SSSR count). The van der Waals surface area contributed by atoms with Gasteiger partial charge in [-0.05, 0) is 12.8 Å². The van der Waals surface area contributed by atoms with Crippen LogP contribution in [0.4, 0.5) is 0 Å². The third-order valence-electron chi connectivity index (χ3n) is 1.48. The second kappa shape index (κ2) is 6.17. The van der Waals surface area contributed by atoms with E-state index in [0.717, 1.165) is 18.9 Å². The fourth-order valence-electron chi connectivity index (χ4n) is 0.697. The Balaban J connectivity index is 3.89. The average Bonchev–Trinajstić information content (AvgIpc) is 2.13. The van der Waals surface area contributed by atoms with Crippen molar-refractivity contribution in [2.45, 2.75) is 26.2 Å². The Kier molecular flexibility index (Phi) is 5.52. The van der Waals surface area contributed by atoms with E-state index in [4.69, 9.17) is 0 Å². The van der Waals surface area contributed by atoms with Gasteiger partial charge in [0.15, 0.2) is 0 Å². The summed E-state index contributed by atoms with van der Waals surface area (Å²) in [5, 5.41) is 0. The Bertz CT molecular complexity index is 228. The molecule has 0 unspecified atom stereocenters. The molecular formula is C10H14O3. The van der Waals surface area contributed by atoms with Crippen molar-refractivity contribution in [2.24, 2.45) is 0 Å². The van der Waals surface area contributed by atoms with E-state index >= 15 is 0 Å². The number of hydrogen-bond donors (Lipinski definition) is 0. The molecule has 0 N–H and O–H groups in total. The van der Waals surface area contributed by atoms with Gasteiger partial charge in [0.2, 0.25) is 0 Å². The van der Waals surface area contributed by atoms with Gasteiger partial charge in [-0.15, -0.1) is 0 Å². The van der Waals surface area contributed by atoms with Crippen LogP contribution in [0, 0.1) is 0 Å². The van der Waals surface area contributed by atoms with Crippen LogP contribution in [0.1, 0.15) is 26.2 Å². The number of carbonyl (C=O) groups is 2. The van der Waals surface area contributed by atoms with E-state index in [1.54, 1.807) is 0 Å². The third kappa shape index (κ3) is 4.95. The normalized spacial score (nSPS) is 9.00. The van der Waals surface area contributed by atoms with Crippen LogP contribution in [-0.4, -0.2) is 11.9 Å². The standard InChI is InChI=1S/C10H14O3/c1-4-6-7-8(3)10(12)13-9(11)5-2/h5H,2-4,6-7H2,1H3. The van der Waals surface area contributed by atoms with Gasteiger partial charge in [-0.25, -0.2) is 9.59 Å². The van der Waals surface area contributed by atoms with Gasteiger partial charge in [-0.1, -0.05) is 26.5 Å². The van der Waals surface area contributed by atoms with Crippen LogP contribution < -0.4 is 0 Å². The van der Waals surface area contributed by atoms with Gasteiger partial charge in [0, 0.05) is 11.6 Å². The largest absolute Gasteiger partial charge is 0.386 e. The highest BCUT2D eigenvalue weighted by atomic mass is 16.6. The number of esters is 2. The van der Waals surface area contributed by atoms with Crippen molar-refractivity contribution in [3.63, 3.8) is 0 Å². The van der Waals surface area contributed by atoms with Crippen LogP contribution in [0.15, 0.2) is 24.8 Å². The number of hydrogen-bond acceptors (Lipinski definition) is 3. The van der Waals surface area contributed by atoms with Gasteiger partial charge in [-0.2, -0.15) is 0 Å². The van der Waals surface area contributed by atoms with Gasteiger partial charge < -0.3 is 4.74 Å². The van der Waals surface area contributed by atoms with E-state index in [0.29, 0.717) is 12.0 Å². The molecule has 0 radical (unpaired) electrons. The maximum Gasteiger partial charge on any atom is 0.341 e. The molecule has 3 nitrogen and oxygen atoms in total. The third-order valence-corrected chi connectivity index (χ3v) is 1.48. The number of rotatable bonds is 5. The van der Waals surface area contributed by atoms with Crippen LogP contribution >= 0.6 is 0 Å². The highest BCUT2D eigenvalue weighted by Crippen LogP contribution is 2.06. The molecule has 0 fully saturated rings. The molecule has 0 aromatic carbocycles. The lowest BCUT2D eigenvalue weighted by Gasteiger charge is -2.02. The lowest BCUT2D eigenvalue weighted by atomic mass is 10.1. The van der Waals surface area contributed by atoms with E-state index in [1.165, 1.54) is 0 Å². The highest BCUT2D eigenvalue weighted by Gasteiger charge is 2.10. The molecule has 0 spiro atoms. The number of carbonyl (C=O) groups excluding carboxylic acids is 2. The molecule has 72 valence electrons. The first-order chi connectivity index (χ1) is 6.11. The molecule has 0 atom stereocenters. The SMILES string of the molecule is C=CC(=O)OC(=O)C(=C)CCCC. The summed E-state index contributed by atoms with van der Waals surface area (Å²) in [6.07, 6.45) is 3.36. The summed E-state index contributed by atoms with van der Waals surface area (Å²) in [7, 11) is 0. The topological polar surface area (TPSA) is 43.4 Å². The van der Waals surface area contributed by atoms with Gasteiger partial charge in [0.25, 0.3) is 0 Å². The van der Waals surface area contributed by atoms with Crippen molar-refractivity contribution in [2.75, 3.05) is 0 Å². The fourth-order valence-corrected chi connectivity index (χ4v) is 0.697. The Labute approximate surface area is 78.1 Å². The molecule has 13 heavy (non-hydrogen) atoms. The molecule has 0 amide bonds. The van der Waals surface area contributed by atoms with Crippen LogP contribution in [0.3, 0.4) is 0 Å². The summed E-state index contributed by atoms with van der Waals surface area (Å²) in [5.41, 5.74) is 0.331.